The molecule has 0 aliphatic rings. The van der Waals surface area contributed by atoms with E-state index in [0.717, 1.165) is 5.69 Å². The highest BCUT2D eigenvalue weighted by atomic mass is 32.2. The van der Waals surface area contributed by atoms with E-state index in [1.807, 2.05) is 30.3 Å². The molecule has 0 unspecified atom stereocenters. The molecule has 0 aliphatic heterocycles. The first kappa shape index (κ1) is 12.4. The van der Waals surface area contributed by atoms with Gasteiger partial charge in [-0.25, -0.2) is 13.6 Å². The fraction of sp³-hybridized carbons (Fsp3) is 0. The summed E-state index contributed by atoms with van der Waals surface area (Å²) in [6, 6.07) is 15.8. The van der Waals surface area contributed by atoms with Crippen molar-refractivity contribution >= 4 is 21.4 Å². The molecule has 0 spiro atoms. The van der Waals surface area contributed by atoms with Crippen LogP contribution in [0.25, 0.3) is 0 Å². The average Bonchev–Trinajstić information content (AvgIpc) is 2.37. The van der Waals surface area contributed by atoms with Crippen LogP contribution >= 0.6 is 0 Å². The predicted molar refractivity (Wildman–Crippen MR) is 71.5 cm³/mol. The van der Waals surface area contributed by atoms with Crippen LogP contribution < -0.4 is 16.0 Å². The number of nitrogens with two attached hydrogens (primary N) is 1. The maximum absolute atomic E-state index is 11.4. The molecule has 2 aromatic carbocycles. The van der Waals surface area contributed by atoms with Gasteiger partial charge < -0.3 is 5.43 Å². The second-order valence-electron chi connectivity index (χ2n) is 3.66. The van der Waals surface area contributed by atoms with Gasteiger partial charge in [0.25, 0.3) is 0 Å². The van der Waals surface area contributed by atoms with Crippen LogP contribution in [0, 0.1) is 0 Å². The van der Waals surface area contributed by atoms with Gasteiger partial charge >= 0.3 is 0 Å². The topological polar surface area (TPSA) is 84.2 Å². The zero-order valence-corrected chi connectivity index (χ0v) is 10.3. The van der Waals surface area contributed by atoms with Crippen LogP contribution in [0.2, 0.25) is 0 Å². The SMILES string of the molecule is NS(=O)(=O)c1ccccc1NNc1ccccc1. The van der Waals surface area contributed by atoms with Crippen molar-refractivity contribution in [2.75, 3.05) is 10.9 Å². The molecular formula is C12H13N3O2S. The van der Waals surface area contributed by atoms with Crippen LogP contribution in [-0.4, -0.2) is 8.42 Å². The second-order valence-corrected chi connectivity index (χ2v) is 5.19. The van der Waals surface area contributed by atoms with Crippen molar-refractivity contribution in [3.8, 4) is 0 Å². The van der Waals surface area contributed by atoms with Crippen molar-refractivity contribution in [1.29, 1.82) is 0 Å². The van der Waals surface area contributed by atoms with Crippen molar-refractivity contribution in [3.05, 3.63) is 54.6 Å². The van der Waals surface area contributed by atoms with E-state index in [1.54, 1.807) is 18.2 Å². The van der Waals surface area contributed by atoms with Gasteiger partial charge in [-0.05, 0) is 24.3 Å². The Labute approximate surface area is 106 Å². The van der Waals surface area contributed by atoms with Crippen molar-refractivity contribution < 1.29 is 8.42 Å². The lowest BCUT2D eigenvalue weighted by atomic mass is 10.3. The molecule has 18 heavy (non-hydrogen) atoms. The van der Waals surface area contributed by atoms with Gasteiger partial charge in [-0.2, -0.15) is 0 Å². The molecule has 2 rings (SSSR count). The molecule has 0 aromatic heterocycles. The number of sulfonamides is 1. The van der Waals surface area contributed by atoms with E-state index < -0.39 is 10.0 Å². The van der Waals surface area contributed by atoms with E-state index >= 15 is 0 Å². The molecular weight excluding hydrogens is 250 g/mol. The highest BCUT2D eigenvalue weighted by Gasteiger charge is 2.12. The number of benzene rings is 2. The first-order valence-electron chi connectivity index (χ1n) is 5.26. The van der Waals surface area contributed by atoms with E-state index in [2.05, 4.69) is 10.9 Å². The summed E-state index contributed by atoms with van der Waals surface area (Å²) in [6.45, 7) is 0. The lowest BCUT2D eigenvalue weighted by molar-refractivity contribution is 0.598. The summed E-state index contributed by atoms with van der Waals surface area (Å²) in [5.41, 5.74) is 6.96. The molecule has 0 saturated carbocycles. The standard InChI is InChI=1S/C12H13N3O2S/c13-18(16,17)12-9-5-4-8-11(12)15-14-10-6-2-1-3-7-10/h1-9,14-15H,(H2,13,16,17). The van der Waals surface area contributed by atoms with Gasteiger partial charge in [-0.3, -0.25) is 5.43 Å². The van der Waals surface area contributed by atoms with E-state index in [9.17, 15) is 8.42 Å². The Hall–Kier alpha value is -2.05. The average molecular weight is 263 g/mol. The zero-order chi connectivity index (χ0) is 13.0. The van der Waals surface area contributed by atoms with Gasteiger partial charge in [0.15, 0.2) is 0 Å². The minimum Gasteiger partial charge on any atom is -0.301 e. The van der Waals surface area contributed by atoms with Crippen LogP contribution in [0.1, 0.15) is 0 Å². The smallest absolute Gasteiger partial charge is 0.240 e. The number of primary sulfonamides is 1. The third-order valence-electron chi connectivity index (χ3n) is 2.31. The summed E-state index contributed by atoms with van der Waals surface area (Å²) in [4.78, 5) is 0.0495. The van der Waals surface area contributed by atoms with Gasteiger partial charge in [0.1, 0.15) is 4.90 Å². The van der Waals surface area contributed by atoms with Crippen LogP contribution in [0.5, 0.6) is 0 Å². The van der Waals surface area contributed by atoms with E-state index in [0.29, 0.717) is 5.69 Å². The van der Waals surface area contributed by atoms with Gasteiger partial charge in [0.2, 0.25) is 10.0 Å². The quantitative estimate of drug-likeness (QED) is 0.734. The molecule has 0 aliphatic carbocycles. The van der Waals surface area contributed by atoms with Gasteiger partial charge in [0, 0.05) is 0 Å². The molecule has 2 aromatic rings. The molecule has 5 nitrogen and oxygen atoms in total. The van der Waals surface area contributed by atoms with Crippen LogP contribution in [0.3, 0.4) is 0 Å². The van der Waals surface area contributed by atoms with Crippen molar-refractivity contribution in [2.24, 2.45) is 5.14 Å². The molecule has 94 valence electrons. The molecule has 0 saturated heterocycles. The summed E-state index contributed by atoms with van der Waals surface area (Å²) in [5.74, 6) is 0. The minimum absolute atomic E-state index is 0.0495. The van der Waals surface area contributed by atoms with Crippen molar-refractivity contribution in [1.82, 2.24) is 0 Å². The third kappa shape index (κ3) is 2.99. The lowest BCUT2D eigenvalue weighted by Gasteiger charge is -2.12. The van der Waals surface area contributed by atoms with Crippen molar-refractivity contribution in [2.45, 2.75) is 4.90 Å². The first-order chi connectivity index (χ1) is 8.57. The van der Waals surface area contributed by atoms with Crippen LogP contribution in [-0.2, 0) is 10.0 Å². The lowest BCUT2D eigenvalue weighted by Crippen LogP contribution is -2.17. The summed E-state index contributed by atoms with van der Waals surface area (Å²) in [5, 5.41) is 5.13. The fourth-order valence-corrected chi connectivity index (χ4v) is 2.17. The number of para-hydroxylation sites is 2. The molecule has 0 bridgehead atoms. The minimum atomic E-state index is -3.74. The number of hydrazine groups is 1. The summed E-state index contributed by atoms with van der Waals surface area (Å²) in [6.07, 6.45) is 0. The highest BCUT2D eigenvalue weighted by molar-refractivity contribution is 7.89. The summed E-state index contributed by atoms with van der Waals surface area (Å²) < 4.78 is 22.8. The molecule has 0 radical (unpaired) electrons. The maximum Gasteiger partial charge on any atom is 0.240 e. The van der Waals surface area contributed by atoms with E-state index in [1.165, 1.54) is 6.07 Å². The third-order valence-corrected chi connectivity index (χ3v) is 3.28. The van der Waals surface area contributed by atoms with Gasteiger partial charge in [-0.15, -0.1) is 0 Å². The normalized spacial score (nSPS) is 10.9. The second kappa shape index (κ2) is 5.07. The Morgan fingerprint density at radius 3 is 2.11 bits per heavy atom. The summed E-state index contributed by atoms with van der Waals surface area (Å²) in [7, 11) is -3.74. The number of rotatable bonds is 4. The Morgan fingerprint density at radius 1 is 0.833 bits per heavy atom. The monoisotopic (exact) mass is 263 g/mol. The molecule has 4 N–H and O–H groups in total. The Bertz CT molecular complexity index is 627. The maximum atomic E-state index is 11.4. The number of anilines is 2. The number of nitrogens with one attached hydrogen (secondary N) is 2. The van der Waals surface area contributed by atoms with E-state index in [4.69, 9.17) is 5.14 Å². The molecule has 0 atom stereocenters. The fourth-order valence-electron chi connectivity index (χ4n) is 1.48. The van der Waals surface area contributed by atoms with Crippen LogP contribution in [0.4, 0.5) is 11.4 Å². The molecule has 6 heteroatoms. The van der Waals surface area contributed by atoms with Crippen molar-refractivity contribution in [3.63, 3.8) is 0 Å². The number of hydrogen-bond donors (Lipinski definition) is 3. The largest absolute Gasteiger partial charge is 0.301 e. The number of hydrogen-bond acceptors (Lipinski definition) is 4. The Kier molecular flexibility index (Phi) is 3.50. The Balaban J connectivity index is 2.20. The highest BCUT2D eigenvalue weighted by Crippen LogP contribution is 2.19. The first-order valence-corrected chi connectivity index (χ1v) is 6.81. The molecule has 0 amide bonds. The van der Waals surface area contributed by atoms with Crippen LogP contribution in [0.15, 0.2) is 59.5 Å². The molecule has 0 fully saturated rings. The van der Waals surface area contributed by atoms with Gasteiger partial charge in [-0.1, -0.05) is 30.3 Å². The predicted octanol–water partition coefficient (Wildman–Crippen LogP) is 1.77. The van der Waals surface area contributed by atoms with Gasteiger partial charge in [0.05, 0.1) is 11.4 Å². The summed E-state index contributed by atoms with van der Waals surface area (Å²) >= 11 is 0. The zero-order valence-electron chi connectivity index (χ0n) is 9.50. The molecule has 0 heterocycles. The Morgan fingerprint density at radius 2 is 1.44 bits per heavy atom. The van der Waals surface area contributed by atoms with E-state index in [-0.39, 0.29) is 4.90 Å².